The molecule has 0 saturated carbocycles. The van der Waals surface area contributed by atoms with Crippen molar-refractivity contribution in [3.8, 4) is 16.9 Å². The highest BCUT2D eigenvalue weighted by atomic mass is 16.5. The summed E-state index contributed by atoms with van der Waals surface area (Å²) in [6, 6.07) is 19.7. The average Bonchev–Trinajstić information content (AvgIpc) is 3.08. The molecule has 2 N–H and O–H groups in total. The zero-order chi connectivity index (χ0) is 20.2. The Hall–Kier alpha value is -3.47. The Balaban J connectivity index is 1.65. The zero-order valence-corrected chi connectivity index (χ0v) is 16.2. The molecule has 29 heavy (non-hydrogen) atoms. The smallest absolute Gasteiger partial charge is 0.405 e. The number of fused-ring (bicyclic) bond motifs is 4. The monoisotopic (exact) mass is 387 g/mol. The van der Waals surface area contributed by atoms with Gasteiger partial charge >= 0.3 is 6.09 Å². The quantitative estimate of drug-likeness (QED) is 0.444. The van der Waals surface area contributed by atoms with Crippen LogP contribution in [-0.2, 0) is 0 Å². The van der Waals surface area contributed by atoms with E-state index in [9.17, 15) is 9.90 Å². The van der Waals surface area contributed by atoms with Crippen LogP contribution in [0.2, 0.25) is 0 Å². The predicted molar refractivity (Wildman–Crippen MR) is 112 cm³/mol. The third kappa shape index (κ3) is 2.81. The molecule has 0 aliphatic carbocycles. The second-order valence-corrected chi connectivity index (χ2v) is 8.19. The minimum absolute atomic E-state index is 0.334. The van der Waals surface area contributed by atoms with E-state index in [-0.39, 0.29) is 11.5 Å². The molecule has 1 aliphatic rings. The van der Waals surface area contributed by atoms with Crippen LogP contribution in [-0.4, -0.2) is 17.8 Å². The first kappa shape index (κ1) is 17.6. The van der Waals surface area contributed by atoms with Gasteiger partial charge in [-0.25, -0.2) is 4.79 Å². The minimum atomic E-state index is -1.04. The highest BCUT2D eigenvalue weighted by Gasteiger charge is 2.38. The van der Waals surface area contributed by atoms with Gasteiger partial charge in [0.25, 0.3) is 0 Å². The van der Waals surface area contributed by atoms with Gasteiger partial charge < -0.3 is 19.6 Å². The Morgan fingerprint density at radius 3 is 2.69 bits per heavy atom. The number of carbonyl (C=O) groups is 1. The molecule has 1 aromatic heterocycles. The number of ether oxygens (including phenoxy) is 1. The summed E-state index contributed by atoms with van der Waals surface area (Å²) < 4.78 is 12.2. The average molecular weight is 387 g/mol. The molecule has 2 heterocycles. The van der Waals surface area contributed by atoms with E-state index in [1.165, 1.54) is 0 Å². The number of para-hydroxylation sites is 2. The van der Waals surface area contributed by atoms with Crippen molar-refractivity contribution in [2.45, 2.75) is 19.9 Å². The summed E-state index contributed by atoms with van der Waals surface area (Å²) in [6.45, 7) is 4.43. The fraction of sp³-hybridized carbons (Fsp3) is 0.208. The highest BCUT2D eigenvalue weighted by molar-refractivity contribution is 6.09. The largest absolute Gasteiger partial charge is 0.493 e. The first-order valence-electron chi connectivity index (χ1n) is 9.61. The summed E-state index contributed by atoms with van der Waals surface area (Å²) in [5, 5.41) is 14.1. The topological polar surface area (TPSA) is 71.7 Å². The number of hydrogen-bond acceptors (Lipinski definition) is 3. The van der Waals surface area contributed by atoms with Crippen molar-refractivity contribution in [3.63, 3.8) is 0 Å². The lowest BCUT2D eigenvalue weighted by Crippen LogP contribution is -2.43. The number of rotatable bonds is 2. The standard InChI is InChI=1S/C24H21NO4/c1-24(2)13-28-20-12-14(10-11-18(20)22(24)25-23(26)27)15-7-5-8-17-16-6-3-4-9-19(16)29-21(15)17/h3-12,22,25H,13H2,1-2H3,(H,26,27). The van der Waals surface area contributed by atoms with E-state index in [0.717, 1.165) is 38.6 Å². The summed E-state index contributed by atoms with van der Waals surface area (Å²) >= 11 is 0. The van der Waals surface area contributed by atoms with E-state index in [0.29, 0.717) is 12.4 Å². The van der Waals surface area contributed by atoms with Gasteiger partial charge in [-0.05, 0) is 17.7 Å². The molecule has 0 saturated heterocycles. The van der Waals surface area contributed by atoms with Crippen LogP contribution < -0.4 is 10.1 Å². The number of hydrogen-bond donors (Lipinski definition) is 2. The molecule has 146 valence electrons. The van der Waals surface area contributed by atoms with Crippen LogP contribution in [0, 0.1) is 5.41 Å². The van der Waals surface area contributed by atoms with Gasteiger partial charge in [-0.1, -0.05) is 62.4 Å². The molecule has 5 rings (SSSR count). The van der Waals surface area contributed by atoms with E-state index in [1.54, 1.807) is 0 Å². The Morgan fingerprint density at radius 2 is 1.86 bits per heavy atom. The molecule has 0 radical (unpaired) electrons. The third-order valence-corrected chi connectivity index (χ3v) is 5.69. The molecule has 0 fully saturated rings. The van der Waals surface area contributed by atoms with Crippen LogP contribution >= 0.6 is 0 Å². The van der Waals surface area contributed by atoms with Gasteiger partial charge in [0.2, 0.25) is 0 Å². The molecule has 3 aromatic carbocycles. The summed E-state index contributed by atoms with van der Waals surface area (Å²) in [5.74, 6) is 0.702. The van der Waals surface area contributed by atoms with E-state index >= 15 is 0 Å². The van der Waals surface area contributed by atoms with E-state index in [1.807, 2.05) is 62.4 Å². The van der Waals surface area contributed by atoms with Gasteiger partial charge in [0.05, 0.1) is 12.6 Å². The predicted octanol–water partition coefficient (Wildman–Crippen LogP) is 5.98. The number of nitrogens with one attached hydrogen (secondary N) is 1. The molecule has 1 aliphatic heterocycles. The fourth-order valence-electron chi connectivity index (χ4n) is 4.20. The lowest BCUT2D eigenvalue weighted by atomic mass is 9.78. The van der Waals surface area contributed by atoms with Crippen LogP contribution in [0.5, 0.6) is 5.75 Å². The van der Waals surface area contributed by atoms with Crippen molar-refractivity contribution in [3.05, 3.63) is 66.2 Å². The second kappa shape index (κ2) is 6.27. The van der Waals surface area contributed by atoms with Gasteiger partial charge in [0, 0.05) is 27.3 Å². The van der Waals surface area contributed by atoms with Gasteiger partial charge in [0.15, 0.2) is 0 Å². The van der Waals surface area contributed by atoms with Gasteiger partial charge in [0.1, 0.15) is 16.9 Å². The van der Waals surface area contributed by atoms with Crippen molar-refractivity contribution >= 4 is 28.0 Å². The summed E-state index contributed by atoms with van der Waals surface area (Å²) in [7, 11) is 0. The van der Waals surface area contributed by atoms with Gasteiger partial charge in [-0.2, -0.15) is 0 Å². The van der Waals surface area contributed by atoms with Crippen LogP contribution in [0.1, 0.15) is 25.5 Å². The van der Waals surface area contributed by atoms with Gasteiger partial charge in [-0.15, -0.1) is 0 Å². The van der Waals surface area contributed by atoms with Crippen molar-refractivity contribution < 1.29 is 19.1 Å². The summed E-state index contributed by atoms with van der Waals surface area (Å²) in [4.78, 5) is 11.3. The zero-order valence-electron chi connectivity index (χ0n) is 16.2. The summed E-state index contributed by atoms with van der Waals surface area (Å²) in [6.07, 6.45) is -1.04. The molecule has 1 atom stereocenters. The Bertz CT molecular complexity index is 1250. The molecule has 0 bridgehead atoms. The first-order valence-corrected chi connectivity index (χ1v) is 9.61. The minimum Gasteiger partial charge on any atom is -0.493 e. The van der Waals surface area contributed by atoms with Crippen LogP contribution in [0.25, 0.3) is 33.1 Å². The Kier molecular flexibility index (Phi) is 3.81. The maximum atomic E-state index is 11.3. The molecule has 4 aromatic rings. The lowest BCUT2D eigenvalue weighted by molar-refractivity contribution is 0.0996. The second-order valence-electron chi connectivity index (χ2n) is 8.19. The highest BCUT2D eigenvalue weighted by Crippen LogP contribution is 2.45. The van der Waals surface area contributed by atoms with Crippen molar-refractivity contribution in [1.29, 1.82) is 0 Å². The van der Waals surface area contributed by atoms with Crippen molar-refractivity contribution in [1.82, 2.24) is 5.32 Å². The van der Waals surface area contributed by atoms with Crippen LogP contribution in [0.4, 0.5) is 4.79 Å². The Labute approximate surface area is 167 Å². The molecule has 1 amide bonds. The van der Waals surface area contributed by atoms with Crippen LogP contribution in [0.3, 0.4) is 0 Å². The Morgan fingerprint density at radius 1 is 1.07 bits per heavy atom. The number of amides is 1. The van der Waals surface area contributed by atoms with E-state index < -0.39 is 6.09 Å². The fourth-order valence-corrected chi connectivity index (χ4v) is 4.20. The summed E-state index contributed by atoms with van der Waals surface area (Å²) in [5.41, 5.74) is 4.16. The molecule has 5 nitrogen and oxygen atoms in total. The number of furan rings is 1. The number of benzene rings is 3. The van der Waals surface area contributed by atoms with Crippen molar-refractivity contribution in [2.24, 2.45) is 5.41 Å². The first-order chi connectivity index (χ1) is 13.9. The molecule has 0 spiro atoms. The molecular formula is C24H21NO4. The molecule has 5 heteroatoms. The maximum Gasteiger partial charge on any atom is 0.405 e. The van der Waals surface area contributed by atoms with Crippen LogP contribution in [0.15, 0.2) is 65.1 Å². The maximum absolute atomic E-state index is 11.3. The molecular weight excluding hydrogens is 366 g/mol. The lowest BCUT2D eigenvalue weighted by Gasteiger charge is -2.39. The third-order valence-electron chi connectivity index (χ3n) is 5.69. The normalized spacial score (nSPS) is 17.7. The van der Waals surface area contributed by atoms with E-state index in [2.05, 4.69) is 17.4 Å². The van der Waals surface area contributed by atoms with Crippen molar-refractivity contribution in [2.75, 3.05) is 6.61 Å². The molecule has 1 unspecified atom stereocenters. The van der Waals surface area contributed by atoms with Gasteiger partial charge in [-0.3, -0.25) is 0 Å². The SMILES string of the molecule is CC1(C)COc2cc(-c3cccc4c3oc3ccccc34)ccc2C1NC(=O)O. The number of carboxylic acid groups (broad SMARTS) is 1. The van der Waals surface area contributed by atoms with E-state index in [4.69, 9.17) is 9.15 Å².